The van der Waals surface area contributed by atoms with E-state index < -0.39 is 0 Å². The van der Waals surface area contributed by atoms with E-state index in [1.165, 1.54) is 0 Å². The van der Waals surface area contributed by atoms with Crippen LogP contribution in [0.4, 0.5) is 0 Å². The van der Waals surface area contributed by atoms with Crippen molar-refractivity contribution in [1.29, 1.82) is 0 Å². The van der Waals surface area contributed by atoms with Crippen LogP contribution in [0.2, 0.25) is 5.02 Å². The number of carbonyl (C=O) groups excluding carboxylic acids is 2. The minimum absolute atomic E-state index is 0.0450. The minimum Gasteiger partial charge on any atom is -0.339 e. The van der Waals surface area contributed by atoms with E-state index in [4.69, 9.17) is 11.6 Å². The lowest BCUT2D eigenvalue weighted by atomic mass is 9.73. The summed E-state index contributed by atoms with van der Waals surface area (Å²) in [5, 5.41) is 0.755. The van der Waals surface area contributed by atoms with Crippen molar-refractivity contribution in [2.24, 2.45) is 0 Å². The summed E-state index contributed by atoms with van der Waals surface area (Å²) < 4.78 is 0. The zero-order valence-corrected chi connectivity index (χ0v) is 17.7. The molecule has 1 aliphatic heterocycles. The number of Topliss-reactive ketones (excluding diaryl/α,β-unsaturated/α-hetero) is 1. The van der Waals surface area contributed by atoms with Gasteiger partial charge in [0.2, 0.25) is 5.91 Å². The quantitative estimate of drug-likeness (QED) is 0.647. The highest BCUT2D eigenvalue weighted by molar-refractivity contribution is 6.31. The maximum atomic E-state index is 12.7. The van der Waals surface area contributed by atoms with Crippen LogP contribution in [0, 0.1) is 6.92 Å². The molecule has 1 spiro atoms. The number of hydrogen-bond donors (Lipinski definition) is 0. The highest BCUT2D eigenvalue weighted by Gasteiger charge is 2.48. The number of benzene rings is 2. The van der Waals surface area contributed by atoms with Crippen molar-refractivity contribution < 1.29 is 9.59 Å². The van der Waals surface area contributed by atoms with Crippen LogP contribution in [0.15, 0.2) is 48.5 Å². The van der Waals surface area contributed by atoms with Crippen molar-refractivity contribution in [3.8, 4) is 0 Å². The average Bonchev–Trinajstić information content (AvgIpc) is 3.03. The first-order valence-electron chi connectivity index (χ1n) is 10.2. The highest BCUT2D eigenvalue weighted by Crippen LogP contribution is 2.54. The van der Waals surface area contributed by atoms with Crippen molar-refractivity contribution >= 4 is 29.4 Å². The molecule has 4 heteroatoms. The summed E-state index contributed by atoms with van der Waals surface area (Å²) >= 11 is 6.59. The van der Waals surface area contributed by atoms with Gasteiger partial charge >= 0.3 is 0 Å². The molecular weight excluding hydrogens is 382 g/mol. The van der Waals surface area contributed by atoms with E-state index >= 15 is 0 Å². The number of piperidine rings is 1. The number of hydrogen-bond acceptors (Lipinski definition) is 2. The molecular formula is C25H26ClNO2. The molecule has 3 nitrogen and oxygen atoms in total. The first kappa shape index (κ1) is 19.9. The summed E-state index contributed by atoms with van der Waals surface area (Å²) in [6, 6.07) is 13.9. The van der Waals surface area contributed by atoms with Gasteiger partial charge in [-0.15, -0.1) is 0 Å². The number of fused-ring (bicyclic) bond motifs is 2. The Bertz CT molecular complexity index is 986. The van der Waals surface area contributed by atoms with Crippen LogP contribution in [0.1, 0.15) is 54.4 Å². The van der Waals surface area contributed by atoms with E-state index in [-0.39, 0.29) is 23.0 Å². The number of amides is 1. The van der Waals surface area contributed by atoms with Crippen molar-refractivity contribution in [1.82, 2.24) is 4.90 Å². The number of likely N-dealkylation sites (tertiary alicyclic amines) is 1. The number of ketones is 1. The average molecular weight is 408 g/mol. The molecule has 0 bridgehead atoms. The lowest BCUT2D eigenvalue weighted by Crippen LogP contribution is -2.44. The molecule has 2 aliphatic rings. The van der Waals surface area contributed by atoms with Gasteiger partial charge in [0.25, 0.3) is 0 Å². The first-order valence-corrected chi connectivity index (χ1v) is 10.6. The molecule has 0 radical (unpaired) electrons. The van der Waals surface area contributed by atoms with Crippen LogP contribution in [0.5, 0.6) is 0 Å². The monoisotopic (exact) mass is 407 g/mol. The maximum Gasteiger partial charge on any atom is 0.246 e. The van der Waals surface area contributed by atoms with Gasteiger partial charge in [-0.3, -0.25) is 9.59 Å². The zero-order valence-electron chi connectivity index (χ0n) is 17.0. The molecule has 1 aliphatic carbocycles. The topological polar surface area (TPSA) is 37.4 Å². The summed E-state index contributed by atoms with van der Waals surface area (Å²) in [5.74, 6) is 0.167. The Kier molecular flexibility index (Phi) is 5.35. The SMILES string of the molecule is CC(=O)C1CC2(CCN(C(=O)/C=C/c3ccccc3C)CC2)c2c(Cl)cccc21. The third-order valence-electron chi connectivity index (χ3n) is 6.66. The lowest BCUT2D eigenvalue weighted by molar-refractivity contribution is -0.127. The number of carbonyl (C=O) groups is 2. The molecule has 1 unspecified atom stereocenters. The summed E-state index contributed by atoms with van der Waals surface area (Å²) in [7, 11) is 0. The Labute approximate surface area is 177 Å². The first-order chi connectivity index (χ1) is 13.9. The van der Waals surface area contributed by atoms with Crippen LogP contribution in [-0.2, 0) is 15.0 Å². The molecule has 2 aromatic rings. The largest absolute Gasteiger partial charge is 0.339 e. The number of nitrogens with zero attached hydrogens (tertiary/aromatic N) is 1. The lowest BCUT2D eigenvalue weighted by Gasteiger charge is -2.40. The third-order valence-corrected chi connectivity index (χ3v) is 6.98. The second-order valence-corrected chi connectivity index (χ2v) is 8.77. The molecule has 0 aromatic heterocycles. The van der Waals surface area contributed by atoms with Crippen molar-refractivity contribution in [2.75, 3.05) is 13.1 Å². The third kappa shape index (κ3) is 3.64. The Morgan fingerprint density at radius 2 is 1.83 bits per heavy atom. The minimum atomic E-state index is -0.0967. The fourth-order valence-corrected chi connectivity index (χ4v) is 5.39. The van der Waals surface area contributed by atoms with Gasteiger partial charge in [0, 0.05) is 35.5 Å². The number of halogens is 1. The van der Waals surface area contributed by atoms with E-state index in [0.29, 0.717) is 13.1 Å². The summed E-state index contributed by atoms with van der Waals surface area (Å²) in [6.45, 7) is 5.09. The normalized spacial score (nSPS) is 20.2. The highest BCUT2D eigenvalue weighted by atomic mass is 35.5. The number of rotatable bonds is 3. The molecule has 2 aromatic carbocycles. The van der Waals surface area contributed by atoms with Gasteiger partial charge in [0.15, 0.2) is 0 Å². The van der Waals surface area contributed by atoms with Crippen LogP contribution < -0.4 is 0 Å². The fraction of sp³-hybridized carbons (Fsp3) is 0.360. The standard InChI is InChI=1S/C25H26ClNO2/c1-17-6-3-4-7-19(17)10-11-23(29)27-14-12-25(13-15-27)16-21(18(2)28)20-8-5-9-22(26)24(20)25/h3-11,21H,12-16H2,1-2H3/b11-10+. The molecule has 0 saturated carbocycles. The van der Waals surface area contributed by atoms with E-state index in [2.05, 4.69) is 0 Å². The second kappa shape index (κ2) is 7.79. The van der Waals surface area contributed by atoms with Crippen molar-refractivity contribution in [2.45, 2.75) is 44.4 Å². The van der Waals surface area contributed by atoms with Gasteiger partial charge in [0.1, 0.15) is 5.78 Å². The van der Waals surface area contributed by atoms with Crippen molar-refractivity contribution in [3.05, 3.63) is 75.8 Å². The van der Waals surface area contributed by atoms with Gasteiger partial charge in [-0.2, -0.15) is 0 Å². The van der Waals surface area contributed by atoms with Crippen LogP contribution in [0.3, 0.4) is 0 Å². The molecule has 4 rings (SSSR count). The zero-order chi connectivity index (χ0) is 20.6. The summed E-state index contributed by atoms with van der Waals surface area (Å²) in [4.78, 5) is 26.9. The van der Waals surface area contributed by atoms with Gasteiger partial charge in [-0.05, 0) is 67.5 Å². The molecule has 1 amide bonds. The van der Waals surface area contributed by atoms with Crippen LogP contribution in [0.25, 0.3) is 6.08 Å². The number of aryl methyl sites for hydroxylation is 1. The van der Waals surface area contributed by atoms with E-state index in [9.17, 15) is 9.59 Å². The Balaban J connectivity index is 1.50. The van der Waals surface area contributed by atoms with Crippen LogP contribution in [-0.4, -0.2) is 29.7 Å². The molecule has 1 fully saturated rings. The van der Waals surface area contributed by atoms with E-state index in [0.717, 1.165) is 46.5 Å². The summed E-state index contributed by atoms with van der Waals surface area (Å²) in [6.07, 6.45) is 6.07. The van der Waals surface area contributed by atoms with Gasteiger partial charge in [0.05, 0.1) is 0 Å². The second-order valence-electron chi connectivity index (χ2n) is 8.37. The molecule has 1 saturated heterocycles. The van der Waals surface area contributed by atoms with Crippen LogP contribution >= 0.6 is 11.6 Å². The molecule has 29 heavy (non-hydrogen) atoms. The van der Waals surface area contributed by atoms with E-state index in [1.54, 1.807) is 13.0 Å². The Morgan fingerprint density at radius 1 is 1.10 bits per heavy atom. The maximum absolute atomic E-state index is 12.7. The summed E-state index contributed by atoms with van der Waals surface area (Å²) in [5.41, 5.74) is 4.35. The fourth-order valence-electron chi connectivity index (χ4n) is 5.01. The molecule has 150 valence electrons. The predicted molar refractivity (Wildman–Crippen MR) is 117 cm³/mol. The van der Waals surface area contributed by atoms with E-state index in [1.807, 2.05) is 60.4 Å². The Morgan fingerprint density at radius 3 is 2.52 bits per heavy atom. The van der Waals surface area contributed by atoms with Crippen molar-refractivity contribution in [3.63, 3.8) is 0 Å². The molecule has 1 atom stereocenters. The van der Waals surface area contributed by atoms with Gasteiger partial charge in [-0.1, -0.05) is 48.0 Å². The smallest absolute Gasteiger partial charge is 0.246 e. The Hall–Kier alpha value is -2.39. The molecule has 1 heterocycles. The molecule has 0 N–H and O–H groups in total. The van der Waals surface area contributed by atoms with Gasteiger partial charge < -0.3 is 4.90 Å². The predicted octanol–water partition coefficient (Wildman–Crippen LogP) is 5.30. The van der Waals surface area contributed by atoms with Gasteiger partial charge in [-0.25, -0.2) is 0 Å².